The predicted molar refractivity (Wildman–Crippen MR) is 121 cm³/mol. The summed E-state index contributed by atoms with van der Waals surface area (Å²) in [5.74, 6) is -0.759. The Hall–Kier alpha value is -2.99. The number of carboxylic acids is 1. The van der Waals surface area contributed by atoms with Crippen molar-refractivity contribution in [3.8, 4) is 5.75 Å². The fraction of sp³-hybridized carbons (Fsp3) is 0.522. The van der Waals surface area contributed by atoms with Gasteiger partial charge in [0.2, 0.25) is 0 Å². The highest BCUT2D eigenvalue weighted by atomic mass is 16.6. The van der Waals surface area contributed by atoms with Crippen LogP contribution in [0.4, 0.5) is 0 Å². The quantitative estimate of drug-likeness (QED) is 0.235. The van der Waals surface area contributed by atoms with Gasteiger partial charge in [-0.3, -0.25) is 9.59 Å². The van der Waals surface area contributed by atoms with Crippen molar-refractivity contribution in [2.45, 2.75) is 13.3 Å². The summed E-state index contributed by atoms with van der Waals surface area (Å²) in [5.41, 5.74) is 0.521. The van der Waals surface area contributed by atoms with Crippen LogP contribution in [0.15, 0.2) is 33.5 Å². The molecule has 1 amide bonds. The van der Waals surface area contributed by atoms with Crippen molar-refractivity contribution in [1.29, 1.82) is 0 Å². The van der Waals surface area contributed by atoms with Gasteiger partial charge in [-0.1, -0.05) is 0 Å². The summed E-state index contributed by atoms with van der Waals surface area (Å²) in [6.07, 6.45) is -0.0203. The van der Waals surface area contributed by atoms with Gasteiger partial charge in [0.25, 0.3) is 5.91 Å². The fourth-order valence-electron chi connectivity index (χ4n) is 2.67. The molecular weight excluding hydrogens is 450 g/mol. The van der Waals surface area contributed by atoms with E-state index in [4.69, 9.17) is 33.2 Å². The standard InChI is InChI=1S/C23H31NO10/c1-17-14-18-2-3-19(15-20(18)34-23(17)28)33-16-21(25)24-5-7-30-9-11-32-13-12-31-10-8-29-6-4-22(26)27/h2-3,14-15H,4-13,16H2,1H3,(H,24,25)(H,26,27). The Balaban J connectivity index is 1.42. The molecule has 0 spiro atoms. The van der Waals surface area contributed by atoms with E-state index in [2.05, 4.69) is 5.32 Å². The molecule has 0 radical (unpaired) electrons. The number of carbonyl (C=O) groups excluding carboxylic acids is 1. The monoisotopic (exact) mass is 481 g/mol. The first-order valence-electron chi connectivity index (χ1n) is 10.9. The molecule has 1 heterocycles. The second-order valence-corrected chi connectivity index (χ2v) is 7.15. The van der Waals surface area contributed by atoms with Gasteiger partial charge < -0.3 is 38.5 Å². The largest absolute Gasteiger partial charge is 0.484 e. The molecule has 11 heteroatoms. The molecule has 34 heavy (non-hydrogen) atoms. The zero-order chi connectivity index (χ0) is 24.6. The summed E-state index contributed by atoms with van der Waals surface area (Å²) in [6, 6.07) is 6.79. The van der Waals surface area contributed by atoms with Gasteiger partial charge in [0.1, 0.15) is 11.3 Å². The maximum atomic E-state index is 11.9. The first kappa shape index (κ1) is 27.3. The first-order valence-corrected chi connectivity index (χ1v) is 10.9. The van der Waals surface area contributed by atoms with Crippen molar-refractivity contribution < 1.29 is 42.8 Å². The summed E-state index contributed by atoms with van der Waals surface area (Å²) in [7, 11) is 0. The van der Waals surface area contributed by atoms with E-state index in [-0.39, 0.29) is 25.5 Å². The number of benzene rings is 1. The second-order valence-electron chi connectivity index (χ2n) is 7.15. The topological polar surface area (TPSA) is 143 Å². The lowest BCUT2D eigenvalue weighted by Crippen LogP contribution is -2.31. The minimum absolute atomic E-state index is 0.0203. The number of nitrogens with one attached hydrogen (secondary N) is 1. The number of rotatable bonds is 18. The molecule has 1 aromatic heterocycles. The summed E-state index contributed by atoms with van der Waals surface area (Å²) in [4.78, 5) is 33.8. The molecule has 11 nitrogen and oxygen atoms in total. The number of aryl methyl sites for hydroxylation is 1. The number of carboxylic acid groups (broad SMARTS) is 1. The van der Waals surface area contributed by atoms with E-state index in [1.54, 1.807) is 31.2 Å². The van der Waals surface area contributed by atoms with Crippen LogP contribution in [0, 0.1) is 6.92 Å². The molecule has 2 aromatic rings. The van der Waals surface area contributed by atoms with E-state index in [0.717, 1.165) is 5.39 Å². The summed E-state index contributed by atoms with van der Waals surface area (Å²) < 4.78 is 31.8. The molecule has 188 valence electrons. The summed E-state index contributed by atoms with van der Waals surface area (Å²) in [6.45, 7) is 4.65. The zero-order valence-corrected chi connectivity index (χ0v) is 19.2. The van der Waals surface area contributed by atoms with Crippen molar-refractivity contribution in [2.24, 2.45) is 0 Å². The number of amides is 1. The maximum absolute atomic E-state index is 11.9. The molecule has 0 aliphatic rings. The molecule has 2 rings (SSSR count). The number of hydrogen-bond acceptors (Lipinski definition) is 9. The van der Waals surface area contributed by atoms with Crippen LogP contribution in [0.2, 0.25) is 0 Å². The molecule has 0 saturated carbocycles. The van der Waals surface area contributed by atoms with Crippen molar-refractivity contribution >= 4 is 22.8 Å². The Morgan fingerprint density at radius 3 is 2.18 bits per heavy atom. The molecule has 0 aliphatic carbocycles. The average Bonchev–Trinajstić information content (AvgIpc) is 2.80. The molecule has 0 unspecified atom stereocenters. The molecule has 0 aliphatic heterocycles. The van der Waals surface area contributed by atoms with Gasteiger partial charge in [-0.25, -0.2) is 4.79 Å². The lowest BCUT2D eigenvalue weighted by molar-refractivity contribution is -0.138. The van der Waals surface area contributed by atoms with Gasteiger partial charge in [0.15, 0.2) is 6.61 Å². The Kier molecular flexibility index (Phi) is 12.6. The van der Waals surface area contributed by atoms with Crippen molar-refractivity contribution in [2.75, 3.05) is 66.0 Å². The fourth-order valence-corrected chi connectivity index (χ4v) is 2.67. The van der Waals surface area contributed by atoms with Crippen LogP contribution >= 0.6 is 0 Å². The smallest absolute Gasteiger partial charge is 0.339 e. The van der Waals surface area contributed by atoms with E-state index in [9.17, 15) is 14.4 Å². The molecular formula is C23H31NO10. The van der Waals surface area contributed by atoms with E-state index in [0.29, 0.717) is 69.7 Å². The number of carbonyl (C=O) groups is 2. The van der Waals surface area contributed by atoms with Crippen LogP contribution in [0.1, 0.15) is 12.0 Å². The van der Waals surface area contributed by atoms with E-state index in [1.165, 1.54) is 0 Å². The van der Waals surface area contributed by atoms with Crippen LogP contribution < -0.4 is 15.7 Å². The van der Waals surface area contributed by atoms with Crippen LogP contribution in [0.3, 0.4) is 0 Å². The van der Waals surface area contributed by atoms with Gasteiger partial charge >= 0.3 is 11.6 Å². The van der Waals surface area contributed by atoms with Crippen molar-refractivity contribution in [3.05, 3.63) is 40.2 Å². The van der Waals surface area contributed by atoms with Crippen LogP contribution in [0.25, 0.3) is 11.0 Å². The zero-order valence-electron chi connectivity index (χ0n) is 19.2. The van der Waals surface area contributed by atoms with Gasteiger partial charge in [-0.15, -0.1) is 0 Å². The Labute approximate surface area is 196 Å². The Morgan fingerprint density at radius 1 is 0.912 bits per heavy atom. The van der Waals surface area contributed by atoms with E-state index >= 15 is 0 Å². The third-order valence-corrected chi connectivity index (χ3v) is 4.40. The number of aliphatic carboxylic acids is 1. The highest BCUT2D eigenvalue weighted by Crippen LogP contribution is 2.20. The van der Waals surface area contributed by atoms with Gasteiger partial charge in [-0.2, -0.15) is 0 Å². The van der Waals surface area contributed by atoms with Gasteiger partial charge in [-0.05, 0) is 25.1 Å². The second kappa shape index (κ2) is 15.8. The number of ether oxygens (including phenoxy) is 5. The van der Waals surface area contributed by atoms with Crippen molar-refractivity contribution in [1.82, 2.24) is 5.32 Å². The molecule has 1 aromatic carbocycles. The summed E-state index contributed by atoms with van der Waals surface area (Å²) >= 11 is 0. The molecule has 0 atom stereocenters. The normalized spacial score (nSPS) is 11.0. The number of fused-ring (bicyclic) bond motifs is 1. The SMILES string of the molecule is Cc1cc2ccc(OCC(=O)NCCOCCOCCOCCOCCC(=O)O)cc2oc1=O. The van der Waals surface area contributed by atoms with E-state index in [1.807, 2.05) is 0 Å². The highest BCUT2D eigenvalue weighted by molar-refractivity contribution is 5.79. The van der Waals surface area contributed by atoms with Gasteiger partial charge in [0.05, 0.1) is 59.3 Å². The molecule has 2 N–H and O–H groups in total. The van der Waals surface area contributed by atoms with Crippen molar-refractivity contribution in [3.63, 3.8) is 0 Å². The third kappa shape index (κ3) is 11.2. The lowest BCUT2D eigenvalue weighted by Gasteiger charge is -2.09. The molecule has 0 bridgehead atoms. The first-order chi connectivity index (χ1) is 16.5. The summed E-state index contributed by atoms with van der Waals surface area (Å²) in [5, 5.41) is 11.9. The Morgan fingerprint density at radius 2 is 1.53 bits per heavy atom. The van der Waals surface area contributed by atoms with Crippen LogP contribution in [0.5, 0.6) is 5.75 Å². The van der Waals surface area contributed by atoms with Crippen LogP contribution in [-0.2, 0) is 28.5 Å². The third-order valence-electron chi connectivity index (χ3n) is 4.40. The van der Waals surface area contributed by atoms with Crippen LogP contribution in [-0.4, -0.2) is 83.0 Å². The van der Waals surface area contributed by atoms with E-state index < -0.39 is 11.6 Å². The lowest BCUT2D eigenvalue weighted by atomic mass is 10.2. The maximum Gasteiger partial charge on any atom is 0.339 e. The number of hydrogen-bond donors (Lipinski definition) is 2. The van der Waals surface area contributed by atoms with Gasteiger partial charge in [0, 0.05) is 23.6 Å². The highest BCUT2D eigenvalue weighted by Gasteiger charge is 2.06. The average molecular weight is 481 g/mol. The predicted octanol–water partition coefficient (Wildman–Crippen LogP) is 1.14. The molecule has 0 fully saturated rings. The minimum atomic E-state index is -0.890. The molecule has 0 saturated heterocycles. The Bertz CT molecular complexity index is 958. The minimum Gasteiger partial charge on any atom is -0.484 e.